The monoisotopic (exact) mass is 456 g/mol. The number of fused-ring (bicyclic) bond motifs is 4. The molecule has 0 aromatic heterocycles. The average Bonchev–Trinajstić information content (AvgIpc) is 3.13. The lowest BCUT2D eigenvalue weighted by Gasteiger charge is -2.59. The third kappa shape index (κ3) is 4.10. The Balaban J connectivity index is 1.61. The van der Waals surface area contributed by atoms with Crippen molar-refractivity contribution >= 4 is 0 Å². The molecule has 0 aromatic carbocycles. The highest BCUT2D eigenvalue weighted by molar-refractivity contribution is 5.39. The molecule has 0 aromatic rings. The zero-order valence-electron chi connectivity index (χ0n) is 22.8. The maximum atomic E-state index is 10.6. The Morgan fingerprint density at radius 1 is 1.06 bits per heavy atom. The summed E-state index contributed by atoms with van der Waals surface area (Å²) in [4.78, 5) is 0. The van der Waals surface area contributed by atoms with Gasteiger partial charge in [0.2, 0.25) is 0 Å². The van der Waals surface area contributed by atoms with E-state index in [-0.39, 0.29) is 17.6 Å². The van der Waals surface area contributed by atoms with E-state index in [0.717, 1.165) is 48.5 Å². The molecule has 4 rings (SSSR count). The normalized spacial score (nSPS) is 42.7. The van der Waals surface area contributed by atoms with Crippen LogP contribution in [0.2, 0.25) is 0 Å². The van der Waals surface area contributed by atoms with Gasteiger partial charge < -0.3 is 9.84 Å². The van der Waals surface area contributed by atoms with Crippen molar-refractivity contribution in [1.29, 1.82) is 0 Å². The molecule has 0 aliphatic heterocycles. The Hall–Kier alpha value is -0.600. The molecule has 0 heterocycles. The van der Waals surface area contributed by atoms with E-state index in [1.165, 1.54) is 44.9 Å². The van der Waals surface area contributed by atoms with E-state index < -0.39 is 0 Å². The first kappa shape index (κ1) is 25.5. The van der Waals surface area contributed by atoms with E-state index in [0.29, 0.717) is 17.3 Å². The first-order valence-corrected chi connectivity index (χ1v) is 14.2. The fraction of sp³-hybridized carbons (Fsp3) is 0.871. The highest BCUT2D eigenvalue weighted by atomic mass is 16.5. The minimum absolute atomic E-state index is 0.212. The molecule has 0 amide bonds. The Labute approximate surface area is 204 Å². The van der Waals surface area contributed by atoms with Crippen molar-refractivity contribution in [1.82, 2.24) is 0 Å². The highest BCUT2D eigenvalue weighted by Gasteiger charge is 2.58. The lowest BCUT2D eigenvalue weighted by Crippen LogP contribution is -2.53. The molecular formula is C31H52O2. The molecule has 0 radical (unpaired) electrons. The molecule has 0 saturated heterocycles. The van der Waals surface area contributed by atoms with Gasteiger partial charge in [0, 0.05) is 7.11 Å². The van der Waals surface area contributed by atoms with Gasteiger partial charge in [0.05, 0.1) is 12.2 Å². The van der Waals surface area contributed by atoms with Crippen LogP contribution < -0.4 is 0 Å². The summed E-state index contributed by atoms with van der Waals surface area (Å²) < 4.78 is 6.23. The summed E-state index contributed by atoms with van der Waals surface area (Å²) >= 11 is 0. The zero-order chi connectivity index (χ0) is 24.1. The number of allylic oxidation sites excluding steroid dienone is 1. The van der Waals surface area contributed by atoms with Crippen LogP contribution in [0, 0.1) is 46.3 Å². The van der Waals surface area contributed by atoms with Gasteiger partial charge in [0.1, 0.15) is 0 Å². The van der Waals surface area contributed by atoms with Crippen LogP contribution in [0.5, 0.6) is 0 Å². The molecule has 4 aliphatic carbocycles. The van der Waals surface area contributed by atoms with E-state index in [2.05, 4.69) is 48.1 Å². The molecule has 4 aliphatic rings. The van der Waals surface area contributed by atoms with Gasteiger partial charge in [0.15, 0.2) is 0 Å². The molecule has 2 nitrogen and oxygen atoms in total. The van der Waals surface area contributed by atoms with Gasteiger partial charge in [-0.2, -0.15) is 0 Å². The standard InChI is InChI=1S/C31H52O2/c1-9-22(19(2)3)11-10-20(4)23-12-13-24-29-25(14-16-30(23,24)6)31(7)17-15-27(32)21(5)26(31)18-28(29)33-8/h19-20,22-23,25-28,32H,5,9-18H2,1-4,6-8H3/t20?,22-,23+,25?,26?,27-,28+,30+,31+/m0/s1. The Kier molecular flexibility index (Phi) is 7.30. The van der Waals surface area contributed by atoms with Gasteiger partial charge >= 0.3 is 0 Å². The summed E-state index contributed by atoms with van der Waals surface area (Å²) in [6.45, 7) is 19.2. The predicted octanol–water partition coefficient (Wildman–Crippen LogP) is 7.96. The van der Waals surface area contributed by atoms with Gasteiger partial charge in [-0.05, 0) is 109 Å². The Morgan fingerprint density at radius 3 is 2.42 bits per heavy atom. The highest BCUT2D eigenvalue weighted by Crippen LogP contribution is 2.66. The number of ether oxygens (including phenoxy) is 1. The number of hydrogen-bond acceptors (Lipinski definition) is 2. The van der Waals surface area contributed by atoms with E-state index in [1.54, 1.807) is 11.1 Å². The number of rotatable bonds is 7. The van der Waals surface area contributed by atoms with Crippen molar-refractivity contribution in [3.63, 3.8) is 0 Å². The van der Waals surface area contributed by atoms with Crippen molar-refractivity contribution in [3.05, 3.63) is 23.3 Å². The molecule has 9 atom stereocenters. The number of methoxy groups -OCH3 is 1. The summed E-state index contributed by atoms with van der Waals surface area (Å²) in [7, 11) is 1.91. The average molecular weight is 457 g/mol. The zero-order valence-corrected chi connectivity index (χ0v) is 22.8. The van der Waals surface area contributed by atoms with E-state index in [9.17, 15) is 5.11 Å². The first-order chi connectivity index (χ1) is 15.6. The van der Waals surface area contributed by atoms with Crippen LogP contribution >= 0.6 is 0 Å². The molecular weight excluding hydrogens is 404 g/mol. The summed E-state index contributed by atoms with van der Waals surface area (Å²) in [6, 6.07) is 0. The SMILES string of the molecule is C=C1C2C[C@@H](OC)C3=C4CC[C@H](C(C)CC[C@H](CC)C(C)C)[C@@]4(C)CCC3[C@@]2(C)CC[C@@H]1O. The quantitative estimate of drug-likeness (QED) is 0.394. The molecule has 33 heavy (non-hydrogen) atoms. The van der Waals surface area contributed by atoms with Crippen LogP contribution in [0.25, 0.3) is 0 Å². The van der Waals surface area contributed by atoms with Crippen molar-refractivity contribution in [2.24, 2.45) is 46.3 Å². The first-order valence-electron chi connectivity index (χ1n) is 14.2. The topological polar surface area (TPSA) is 29.5 Å². The van der Waals surface area contributed by atoms with Gasteiger partial charge in [-0.25, -0.2) is 0 Å². The van der Waals surface area contributed by atoms with Crippen molar-refractivity contribution in [3.8, 4) is 0 Å². The van der Waals surface area contributed by atoms with Crippen LogP contribution in [0.1, 0.15) is 106 Å². The van der Waals surface area contributed by atoms with Crippen LogP contribution in [0.15, 0.2) is 23.3 Å². The van der Waals surface area contributed by atoms with Crippen LogP contribution in [-0.4, -0.2) is 24.4 Å². The van der Waals surface area contributed by atoms with Crippen LogP contribution in [0.4, 0.5) is 0 Å². The molecule has 0 spiro atoms. The summed E-state index contributed by atoms with van der Waals surface area (Å²) in [6.07, 6.45) is 12.3. The second kappa shape index (κ2) is 9.45. The molecule has 188 valence electrons. The molecule has 0 bridgehead atoms. The smallest absolute Gasteiger partial charge is 0.0792 e. The number of aliphatic hydroxyl groups is 1. The van der Waals surface area contributed by atoms with Gasteiger partial charge in [-0.3, -0.25) is 0 Å². The second-order valence-corrected chi connectivity index (χ2v) is 13.2. The molecule has 1 N–H and O–H groups in total. The van der Waals surface area contributed by atoms with Crippen molar-refractivity contribution in [2.45, 2.75) is 118 Å². The van der Waals surface area contributed by atoms with E-state index in [1.807, 2.05) is 7.11 Å². The summed E-state index contributed by atoms with van der Waals surface area (Å²) in [5.41, 5.74) is 5.16. The van der Waals surface area contributed by atoms with Crippen LogP contribution in [0.3, 0.4) is 0 Å². The molecule has 2 heteroatoms. The third-order valence-electron chi connectivity index (χ3n) is 11.5. The summed E-state index contributed by atoms with van der Waals surface area (Å²) in [5.74, 6) is 4.29. The second-order valence-electron chi connectivity index (χ2n) is 13.2. The number of hydrogen-bond donors (Lipinski definition) is 1. The van der Waals surface area contributed by atoms with Gasteiger partial charge in [-0.1, -0.05) is 66.5 Å². The maximum absolute atomic E-state index is 10.6. The maximum Gasteiger partial charge on any atom is 0.0792 e. The Bertz CT molecular complexity index is 765. The molecule has 3 saturated carbocycles. The minimum Gasteiger partial charge on any atom is -0.389 e. The Morgan fingerprint density at radius 2 is 1.79 bits per heavy atom. The van der Waals surface area contributed by atoms with E-state index in [4.69, 9.17) is 4.74 Å². The van der Waals surface area contributed by atoms with E-state index >= 15 is 0 Å². The van der Waals surface area contributed by atoms with Crippen LogP contribution in [-0.2, 0) is 4.74 Å². The molecule has 3 unspecified atom stereocenters. The van der Waals surface area contributed by atoms with Gasteiger partial charge in [0.25, 0.3) is 0 Å². The fourth-order valence-electron chi connectivity index (χ4n) is 9.32. The summed E-state index contributed by atoms with van der Waals surface area (Å²) in [5, 5.41) is 10.6. The largest absolute Gasteiger partial charge is 0.389 e. The predicted molar refractivity (Wildman–Crippen MR) is 139 cm³/mol. The van der Waals surface area contributed by atoms with Gasteiger partial charge in [-0.15, -0.1) is 0 Å². The van der Waals surface area contributed by atoms with Crippen molar-refractivity contribution < 1.29 is 9.84 Å². The van der Waals surface area contributed by atoms with Crippen molar-refractivity contribution in [2.75, 3.05) is 7.11 Å². The minimum atomic E-state index is -0.321. The lowest BCUT2D eigenvalue weighted by molar-refractivity contribution is -0.0436. The molecule has 3 fully saturated rings. The lowest BCUT2D eigenvalue weighted by atomic mass is 9.47. The third-order valence-corrected chi connectivity index (χ3v) is 11.5. The fourth-order valence-corrected chi connectivity index (χ4v) is 9.32. The number of aliphatic hydroxyl groups excluding tert-OH is 1.